The van der Waals surface area contributed by atoms with E-state index in [4.69, 9.17) is 4.74 Å². The van der Waals surface area contributed by atoms with Crippen LogP contribution in [0.2, 0.25) is 0 Å². The minimum absolute atomic E-state index is 0.0959. The molecule has 0 aliphatic heterocycles. The monoisotopic (exact) mass is 178 g/mol. The number of hydrogen-bond donors (Lipinski definition) is 0. The van der Waals surface area contributed by atoms with Crippen molar-refractivity contribution in [1.82, 2.24) is 0 Å². The minimum atomic E-state index is -0.0959. The molecule has 0 aliphatic rings. The summed E-state index contributed by atoms with van der Waals surface area (Å²) in [7, 11) is 1.76. The molecular formula is C12H18O. The molecule has 1 nitrogen and oxygen atoms in total. The van der Waals surface area contributed by atoms with Gasteiger partial charge >= 0.3 is 0 Å². The second-order valence-corrected chi connectivity index (χ2v) is 3.94. The largest absolute Gasteiger partial charge is 0.378 e. The summed E-state index contributed by atoms with van der Waals surface area (Å²) in [4.78, 5) is 0. The Morgan fingerprint density at radius 1 is 1.15 bits per heavy atom. The number of rotatable bonds is 3. The Balaban J connectivity index is 2.85. The van der Waals surface area contributed by atoms with Crippen molar-refractivity contribution in [3.63, 3.8) is 0 Å². The van der Waals surface area contributed by atoms with E-state index in [0.717, 1.165) is 0 Å². The van der Waals surface area contributed by atoms with Crippen LogP contribution >= 0.6 is 0 Å². The van der Waals surface area contributed by atoms with Crippen molar-refractivity contribution in [2.75, 3.05) is 7.11 Å². The topological polar surface area (TPSA) is 9.23 Å². The predicted molar refractivity (Wildman–Crippen MR) is 55.9 cm³/mol. The summed E-state index contributed by atoms with van der Waals surface area (Å²) in [6.45, 7) is 6.42. The zero-order valence-corrected chi connectivity index (χ0v) is 8.87. The fourth-order valence-electron chi connectivity index (χ4n) is 1.32. The number of ether oxygens (including phenoxy) is 1. The second kappa shape index (κ2) is 3.93. The molecule has 0 fully saturated rings. The maximum atomic E-state index is 5.45. The maximum absolute atomic E-state index is 5.45. The molecule has 0 heterocycles. The summed E-state index contributed by atoms with van der Waals surface area (Å²) in [6.07, 6.45) is 0. The van der Waals surface area contributed by atoms with Gasteiger partial charge in [0.15, 0.2) is 0 Å². The molecule has 1 aromatic rings. The van der Waals surface area contributed by atoms with Crippen molar-refractivity contribution in [3.05, 3.63) is 35.9 Å². The molecule has 1 atom stereocenters. The lowest BCUT2D eigenvalue weighted by molar-refractivity contribution is 0.00323. The molecule has 0 radical (unpaired) electrons. The second-order valence-electron chi connectivity index (χ2n) is 3.94. The normalized spacial score (nSPS) is 14.2. The Bertz CT molecular complexity index is 251. The lowest BCUT2D eigenvalue weighted by Crippen LogP contribution is -2.29. The van der Waals surface area contributed by atoms with Gasteiger partial charge in [0.25, 0.3) is 0 Å². The first-order chi connectivity index (χ1) is 6.08. The Morgan fingerprint density at radius 3 is 2.15 bits per heavy atom. The molecule has 1 aromatic carbocycles. The number of benzene rings is 1. The van der Waals surface area contributed by atoms with Gasteiger partial charge in [-0.2, -0.15) is 0 Å². The van der Waals surface area contributed by atoms with Gasteiger partial charge < -0.3 is 4.74 Å². The maximum Gasteiger partial charge on any atom is 0.0688 e. The van der Waals surface area contributed by atoms with Crippen molar-refractivity contribution in [2.45, 2.75) is 32.3 Å². The third-order valence-corrected chi connectivity index (χ3v) is 2.87. The summed E-state index contributed by atoms with van der Waals surface area (Å²) < 4.78 is 5.45. The van der Waals surface area contributed by atoms with Gasteiger partial charge in [-0.3, -0.25) is 0 Å². The molecule has 0 bridgehead atoms. The highest BCUT2D eigenvalue weighted by Crippen LogP contribution is 2.29. The van der Waals surface area contributed by atoms with E-state index >= 15 is 0 Å². The third kappa shape index (κ3) is 2.31. The van der Waals surface area contributed by atoms with Gasteiger partial charge in [0.1, 0.15) is 0 Å². The van der Waals surface area contributed by atoms with Gasteiger partial charge in [-0.15, -0.1) is 0 Å². The Kier molecular flexibility index (Phi) is 3.10. The van der Waals surface area contributed by atoms with Crippen molar-refractivity contribution < 1.29 is 4.74 Å². The van der Waals surface area contributed by atoms with Crippen LogP contribution in [0, 0.1) is 0 Å². The van der Waals surface area contributed by atoms with Gasteiger partial charge in [-0.1, -0.05) is 37.3 Å². The van der Waals surface area contributed by atoms with Gasteiger partial charge in [-0.05, 0) is 19.4 Å². The first-order valence-electron chi connectivity index (χ1n) is 4.68. The molecule has 0 saturated carbocycles. The molecule has 0 aliphatic carbocycles. The smallest absolute Gasteiger partial charge is 0.0688 e. The molecule has 0 saturated heterocycles. The highest BCUT2D eigenvalue weighted by Gasteiger charge is 2.26. The van der Waals surface area contributed by atoms with E-state index in [9.17, 15) is 0 Å². The van der Waals surface area contributed by atoms with Crippen LogP contribution in [0.15, 0.2) is 30.3 Å². The molecule has 0 N–H and O–H groups in total. The van der Waals surface area contributed by atoms with Crippen LogP contribution in [0.4, 0.5) is 0 Å². The van der Waals surface area contributed by atoms with Crippen LogP contribution in [0.3, 0.4) is 0 Å². The summed E-state index contributed by atoms with van der Waals surface area (Å²) in [6, 6.07) is 10.5. The van der Waals surface area contributed by atoms with Gasteiger partial charge in [0.05, 0.1) is 5.60 Å². The van der Waals surface area contributed by atoms with Crippen molar-refractivity contribution >= 4 is 0 Å². The average molecular weight is 178 g/mol. The molecule has 1 rings (SSSR count). The fraction of sp³-hybridized carbons (Fsp3) is 0.500. The van der Waals surface area contributed by atoms with Crippen LogP contribution in [0.5, 0.6) is 0 Å². The molecule has 72 valence electrons. The fourth-order valence-corrected chi connectivity index (χ4v) is 1.32. The average Bonchev–Trinajstić information content (AvgIpc) is 2.18. The molecule has 0 unspecified atom stereocenters. The van der Waals surface area contributed by atoms with Crippen LogP contribution in [0.25, 0.3) is 0 Å². The third-order valence-electron chi connectivity index (χ3n) is 2.87. The van der Waals surface area contributed by atoms with E-state index in [-0.39, 0.29) is 5.60 Å². The van der Waals surface area contributed by atoms with E-state index in [2.05, 4.69) is 45.0 Å². The molecule has 0 amide bonds. The zero-order valence-electron chi connectivity index (χ0n) is 8.87. The predicted octanol–water partition coefficient (Wildman–Crippen LogP) is 3.22. The van der Waals surface area contributed by atoms with Crippen LogP contribution in [0.1, 0.15) is 32.3 Å². The van der Waals surface area contributed by atoms with Crippen molar-refractivity contribution in [1.29, 1.82) is 0 Å². The van der Waals surface area contributed by atoms with E-state index < -0.39 is 0 Å². The van der Waals surface area contributed by atoms with Crippen LogP contribution < -0.4 is 0 Å². The van der Waals surface area contributed by atoms with Gasteiger partial charge in [0.2, 0.25) is 0 Å². The molecule has 1 heteroatoms. The lowest BCUT2D eigenvalue weighted by atomic mass is 9.86. The summed E-state index contributed by atoms with van der Waals surface area (Å²) in [5.41, 5.74) is 1.23. The lowest BCUT2D eigenvalue weighted by Gasteiger charge is -2.30. The molecule has 13 heavy (non-hydrogen) atoms. The first kappa shape index (κ1) is 10.3. The number of methoxy groups -OCH3 is 1. The Labute approximate surface area is 80.7 Å². The molecule has 0 aromatic heterocycles. The Morgan fingerprint density at radius 2 is 1.69 bits per heavy atom. The van der Waals surface area contributed by atoms with E-state index in [1.54, 1.807) is 7.11 Å². The zero-order chi connectivity index (χ0) is 9.90. The van der Waals surface area contributed by atoms with Crippen LogP contribution in [-0.4, -0.2) is 12.7 Å². The van der Waals surface area contributed by atoms with Crippen molar-refractivity contribution in [3.8, 4) is 0 Å². The van der Waals surface area contributed by atoms with E-state index in [1.807, 2.05) is 6.07 Å². The van der Waals surface area contributed by atoms with Gasteiger partial charge in [-0.25, -0.2) is 0 Å². The van der Waals surface area contributed by atoms with Crippen molar-refractivity contribution in [2.24, 2.45) is 0 Å². The highest BCUT2D eigenvalue weighted by atomic mass is 16.5. The standard InChI is InChI=1S/C12H18O/c1-10(12(2,3)13-4)11-8-6-5-7-9-11/h5-10H,1-4H3/t10-/m0/s1. The SMILES string of the molecule is COC(C)(C)[C@@H](C)c1ccccc1. The molecular weight excluding hydrogens is 160 g/mol. The first-order valence-corrected chi connectivity index (χ1v) is 4.68. The molecule has 0 spiro atoms. The van der Waals surface area contributed by atoms with Gasteiger partial charge in [0, 0.05) is 13.0 Å². The van der Waals surface area contributed by atoms with Crippen LogP contribution in [-0.2, 0) is 4.74 Å². The summed E-state index contributed by atoms with van der Waals surface area (Å²) in [5.74, 6) is 0.415. The summed E-state index contributed by atoms with van der Waals surface area (Å²) in [5, 5.41) is 0. The van der Waals surface area contributed by atoms with E-state index in [1.165, 1.54) is 5.56 Å². The quantitative estimate of drug-likeness (QED) is 0.690. The Hall–Kier alpha value is -0.820. The van der Waals surface area contributed by atoms with E-state index in [0.29, 0.717) is 5.92 Å². The minimum Gasteiger partial charge on any atom is -0.378 e. The number of hydrogen-bond acceptors (Lipinski definition) is 1. The summed E-state index contributed by atoms with van der Waals surface area (Å²) >= 11 is 0. The highest BCUT2D eigenvalue weighted by molar-refractivity contribution is 5.21.